The van der Waals surface area contributed by atoms with E-state index in [0.717, 1.165) is 38.0 Å². The van der Waals surface area contributed by atoms with Crippen LogP contribution in [0.15, 0.2) is 30.3 Å². The number of hydrogen-bond donors (Lipinski definition) is 2. The third-order valence-corrected chi connectivity index (χ3v) is 4.09. The second kappa shape index (κ2) is 8.15. The molecule has 116 valence electrons. The average molecular weight is 289 g/mol. The van der Waals surface area contributed by atoms with Crippen LogP contribution >= 0.6 is 0 Å². The fraction of sp³-hybridized carbons (Fsp3) is 0.588. The van der Waals surface area contributed by atoms with Crippen LogP contribution in [-0.2, 0) is 4.79 Å². The van der Waals surface area contributed by atoms with Crippen molar-refractivity contribution in [3.63, 3.8) is 0 Å². The lowest BCUT2D eigenvalue weighted by Gasteiger charge is -2.28. The van der Waals surface area contributed by atoms with E-state index in [4.69, 9.17) is 0 Å². The van der Waals surface area contributed by atoms with Crippen molar-refractivity contribution in [1.29, 1.82) is 0 Å². The summed E-state index contributed by atoms with van der Waals surface area (Å²) in [6.45, 7) is 7.75. The summed E-state index contributed by atoms with van der Waals surface area (Å²) in [7, 11) is 0. The molecule has 2 rings (SSSR count). The van der Waals surface area contributed by atoms with E-state index in [2.05, 4.69) is 34.6 Å². The summed E-state index contributed by atoms with van der Waals surface area (Å²) in [6, 6.07) is 10.7. The van der Waals surface area contributed by atoms with Crippen LogP contribution in [-0.4, -0.2) is 43.0 Å². The molecule has 2 unspecified atom stereocenters. The summed E-state index contributed by atoms with van der Waals surface area (Å²) in [5.41, 5.74) is 1.15. The van der Waals surface area contributed by atoms with E-state index in [9.17, 15) is 4.79 Å². The molecule has 0 spiro atoms. The molecule has 4 heteroatoms. The SMILES string of the molecule is CCCN(CC(=O)NC(C)c1ccccc1)C1CCNC1. The molecule has 4 nitrogen and oxygen atoms in total. The molecule has 1 aromatic carbocycles. The van der Waals surface area contributed by atoms with Crippen LogP contribution in [0.4, 0.5) is 0 Å². The molecule has 0 saturated carbocycles. The Labute approximate surface area is 127 Å². The highest BCUT2D eigenvalue weighted by atomic mass is 16.2. The van der Waals surface area contributed by atoms with Crippen LogP contribution in [0.5, 0.6) is 0 Å². The molecule has 0 bridgehead atoms. The summed E-state index contributed by atoms with van der Waals surface area (Å²) in [5.74, 6) is 0.117. The molecule has 1 aromatic rings. The molecule has 2 atom stereocenters. The summed E-state index contributed by atoms with van der Waals surface area (Å²) in [5, 5.41) is 6.49. The van der Waals surface area contributed by atoms with Gasteiger partial charge in [-0.15, -0.1) is 0 Å². The third-order valence-electron chi connectivity index (χ3n) is 4.09. The molecule has 1 fully saturated rings. The lowest BCUT2D eigenvalue weighted by atomic mass is 10.1. The van der Waals surface area contributed by atoms with Crippen molar-refractivity contribution in [2.24, 2.45) is 0 Å². The Bertz CT molecular complexity index is 429. The highest BCUT2D eigenvalue weighted by molar-refractivity contribution is 5.78. The van der Waals surface area contributed by atoms with E-state index in [1.54, 1.807) is 0 Å². The molecule has 1 amide bonds. The molecular formula is C17H27N3O. The van der Waals surface area contributed by atoms with Gasteiger partial charge in [0.05, 0.1) is 12.6 Å². The van der Waals surface area contributed by atoms with Crippen LogP contribution in [0.25, 0.3) is 0 Å². The van der Waals surface area contributed by atoms with Gasteiger partial charge in [-0.25, -0.2) is 0 Å². The number of hydrogen-bond acceptors (Lipinski definition) is 3. The summed E-state index contributed by atoms with van der Waals surface area (Å²) in [6.07, 6.45) is 2.22. The number of rotatable bonds is 7. The average Bonchev–Trinajstić information content (AvgIpc) is 3.02. The Kier molecular flexibility index (Phi) is 6.21. The summed E-state index contributed by atoms with van der Waals surface area (Å²) >= 11 is 0. The number of amides is 1. The van der Waals surface area contributed by atoms with Crippen molar-refractivity contribution >= 4 is 5.91 Å². The van der Waals surface area contributed by atoms with Crippen molar-refractivity contribution < 1.29 is 4.79 Å². The van der Waals surface area contributed by atoms with E-state index >= 15 is 0 Å². The van der Waals surface area contributed by atoms with E-state index in [1.165, 1.54) is 0 Å². The number of nitrogens with one attached hydrogen (secondary N) is 2. The van der Waals surface area contributed by atoms with Gasteiger partial charge in [-0.2, -0.15) is 0 Å². The number of carbonyl (C=O) groups excluding carboxylic acids is 1. The van der Waals surface area contributed by atoms with Crippen molar-refractivity contribution in [3.05, 3.63) is 35.9 Å². The number of carbonyl (C=O) groups is 1. The van der Waals surface area contributed by atoms with Crippen LogP contribution in [0.1, 0.15) is 38.3 Å². The standard InChI is InChI=1S/C17H27N3O/c1-3-11-20(16-9-10-18-12-16)13-17(21)19-14(2)15-7-5-4-6-8-15/h4-8,14,16,18H,3,9-13H2,1-2H3,(H,19,21). The highest BCUT2D eigenvalue weighted by Crippen LogP contribution is 2.12. The Balaban J connectivity index is 1.86. The van der Waals surface area contributed by atoms with Gasteiger partial charge in [0.1, 0.15) is 0 Å². The normalized spacial score (nSPS) is 19.7. The highest BCUT2D eigenvalue weighted by Gasteiger charge is 2.23. The zero-order chi connectivity index (χ0) is 15.1. The fourth-order valence-electron chi connectivity index (χ4n) is 2.93. The van der Waals surface area contributed by atoms with Gasteiger partial charge in [-0.1, -0.05) is 37.3 Å². The van der Waals surface area contributed by atoms with Crippen molar-refractivity contribution in [3.8, 4) is 0 Å². The summed E-state index contributed by atoms with van der Waals surface area (Å²) in [4.78, 5) is 14.6. The Morgan fingerprint density at radius 1 is 1.43 bits per heavy atom. The second-order valence-electron chi connectivity index (χ2n) is 5.82. The molecule has 0 aromatic heterocycles. The second-order valence-corrected chi connectivity index (χ2v) is 5.82. The van der Waals surface area contributed by atoms with E-state index in [0.29, 0.717) is 12.6 Å². The maximum Gasteiger partial charge on any atom is 0.234 e. The van der Waals surface area contributed by atoms with Crippen molar-refractivity contribution in [1.82, 2.24) is 15.5 Å². The Morgan fingerprint density at radius 2 is 2.19 bits per heavy atom. The zero-order valence-corrected chi connectivity index (χ0v) is 13.1. The summed E-state index contributed by atoms with van der Waals surface area (Å²) < 4.78 is 0. The van der Waals surface area contributed by atoms with Crippen LogP contribution < -0.4 is 10.6 Å². The van der Waals surface area contributed by atoms with Gasteiger partial charge in [0.2, 0.25) is 5.91 Å². The van der Waals surface area contributed by atoms with Crippen molar-refractivity contribution in [2.75, 3.05) is 26.2 Å². The van der Waals surface area contributed by atoms with Crippen molar-refractivity contribution in [2.45, 2.75) is 38.8 Å². The monoisotopic (exact) mass is 289 g/mol. The first-order chi connectivity index (χ1) is 10.2. The first-order valence-electron chi connectivity index (χ1n) is 7.99. The van der Waals surface area contributed by atoms with Crippen LogP contribution in [0, 0.1) is 0 Å². The minimum Gasteiger partial charge on any atom is -0.348 e. The molecule has 0 aliphatic carbocycles. The fourth-order valence-corrected chi connectivity index (χ4v) is 2.93. The molecular weight excluding hydrogens is 262 g/mol. The van der Waals surface area contributed by atoms with Crippen LogP contribution in [0.2, 0.25) is 0 Å². The van der Waals surface area contributed by atoms with Gasteiger partial charge in [0, 0.05) is 12.6 Å². The molecule has 1 aliphatic rings. The van der Waals surface area contributed by atoms with Gasteiger partial charge >= 0.3 is 0 Å². The largest absolute Gasteiger partial charge is 0.348 e. The first kappa shape index (κ1) is 16.0. The van der Waals surface area contributed by atoms with Gasteiger partial charge in [0.25, 0.3) is 0 Å². The maximum absolute atomic E-state index is 12.3. The quantitative estimate of drug-likeness (QED) is 0.806. The molecule has 1 saturated heterocycles. The molecule has 1 aliphatic heterocycles. The lowest BCUT2D eigenvalue weighted by Crippen LogP contribution is -2.44. The lowest BCUT2D eigenvalue weighted by molar-refractivity contribution is -0.123. The zero-order valence-electron chi connectivity index (χ0n) is 13.1. The Morgan fingerprint density at radius 3 is 2.81 bits per heavy atom. The Hall–Kier alpha value is -1.39. The first-order valence-corrected chi connectivity index (χ1v) is 7.99. The molecule has 21 heavy (non-hydrogen) atoms. The molecule has 0 radical (unpaired) electrons. The van der Waals surface area contributed by atoms with Gasteiger partial charge in [-0.05, 0) is 38.4 Å². The van der Waals surface area contributed by atoms with Crippen LogP contribution in [0.3, 0.4) is 0 Å². The molecule has 2 N–H and O–H groups in total. The minimum absolute atomic E-state index is 0.0591. The number of nitrogens with zero attached hydrogens (tertiary/aromatic N) is 1. The maximum atomic E-state index is 12.3. The van der Waals surface area contributed by atoms with E-state index in [-0.39, 0.29) is 11.9 Å². The van der Waals surface area contributed by atoms with Gasteiger partial charge < -0.3 is 10.6 Å². The minimum atomic E-state index is 0.0591. The van der Waals surface area contributed by atoms with Gasteiger partial charge in [0.15, 0.2) is 0 Å². The predicted molar refractivity (Wildman–Crippen MR) is 86.1 cm³/mol. The third kappa shape index (κ3) is 4.83. The predicted octanol–water partition coefficient (Wildman–Crippen LogP) is 1.94. The topological polar surface area (TPSA) is 44.4 Å². The van der Waals surface area contributed by atoms with E-state index < -0.39 is 0 Å². The number of benzene rings is 1. The van der Waals surface area contributed by atoms with Gasteiger partial charge in [-0.3, -0.25) is 9.69 Å². The smallest absolute Gasteiger partial charge is 0.234 e. The molecule has 1 heterocycles. The van der Waals surface area contributed by atoms with E-state index in [1.807, 2.05) is 25.1 Å².